The summed E-state index contributed by atoms with van der Waals surface area (Å²) in [6, 6.07) is 1.04. The summed E-state index contributed by atoms with van der Waals surface area (Å²) in [7, 11) is 1.56. The van der Waals surface area contributed by atoms with E-state index in [0.29, 0.717) is 33.5 Å². The van der Waals surface area contributed by atoms with Crippen LogP contribution in [0.1, 0.15) is 24.3 Å². The monoisotopic (exact) mass is 421 g/mol. The molecule has 0 saturated carbocycles. The Balaban J connectivity index is 1.78. The second-order valence-electron chi connectivity index (χ2n) is 5.79. The van der Waals surface area contributed by atoms with E-state index in [4.69, 9.17) is 27.9 Å². The van der Waals surface area contributed by atoms with Crippen LogP contribution >= 0.6 is 23.2 Å². The van der Waals surface area contributed by atoms with Crippen LogP contribution in [0.2, 0.25) is 10.0 Å². The number of aryl methyl sites for hydroxylation is 1. The lowest BCUT2D eigenvalue weighted by molar-refractivity contribution is 0.120. The van der Waals surface area contributed by atoms with Gasteiger partial charge in [0.25, 0.3) is 0 Å². The van der Waals surface area contributed by atoms with Crippen molar-refractivity contribution in [1.82, 2.24) is 25.0 Å². The summed E-state index contributed by atoms with van der Waals surface area (Å²) in [5.41, 5.74) is 2.12. The fraction of sp³-hybridized carbons (Fsp3) is 0.235. The Morgan fingerprint density at radius 2 is 1.89 bits per heavy atom. The normalized spacial score (nSPS) is 11.9. The fourth-order valence-electron chi connectivity index (χ4n) is 2.47. The molecule has 3 rings (SSSR count). The Morgan fingerprint density at radius 1 is 1.18 bits per heavy atom. The predicted octanol–water partition coefficient (Wildman–Crippen LogP) is 4.02. The molecule has 3 aromatic rings. The molecule has 3 heterocycles. The summed E-state index contributed by atoms with van der Waals surface area (Å²) in [4.78, 5) is 22.1. The third-order valence-electron chi connectivity index (χ3n) is 3.93. The summed E-state index contributed by atoms with van der Waals surface area (Å²) in [5.74, 6) is 0.350. The summed E-state index contributed by atoms with van der Waals surface area (Å²) < 4.78 is 5.35. The van der Waals surface area contributed by atoms with Crippen molar-refractivity contribution >= 4 is 40.6 Å². The van der Waals surface area contributed by atoms with Gasteiger partial charge in [-0.3, -0.25) is 4.98 Å². The molecule has 0 aliphatic rings. The van der Waals surface area contributed by atoms with Gasteiger partial charge >= 0.3 is 6.03 Å². The molecule has 1 atom stereocenters. The minimum Gasteiger partial charge on any atom is -0.377 e. The van der Waals surface area contributed by atoms with E-state index in [1.165, 1.54) is 29.6 Å². The number of nitrogens with one attached hydrogen (secondary N) is 2. The van der Waals surface area contributed by atoms with Gasteiger partial charge < -0.3 is 15.4 Å². The van der Waals surface area contributed by atoms with Crippen molar-refractivity contribution in [3.63, 3.8) is 0 Å². The van der Waals surface area contributed by atoms with Gasteiger partial charge in [-0.25, -0.2) is 9.78 Å². The third-order valence-corrected chi connectivity index (χ3v) is 4.68. The molecule has 146 valence electrons. The van der Waals surface area contributed by atoms with Gasteiger partial charge in [0.1, 0.15) is 0 Å². The zero-order valence-electron chi connectivity index (χ0n) is 15.3. The van der Waals surface area contributed by atoms with Crippen LogP contribution in [0.25, 0.3) is 5.82 Å². The van der Waals surface area contributed by atoms with Crippen LogP contribution in [-0.2, 0) is 4.74 Å². The first-order valence-corrected chi connectivity index (χ1v) is 8.94. The number of ether oxygens (including phenoxy) is 1. The van der Waals surface area contributed by atoms with Crippen LogP contribution in [0.3, 0.4) is 0 Å². The largest absolute Gasteiger partial charge is 0.377 e. The lowest BCUT2D eigenvalue weighted by atomic mass is 10.1. The summed E-state index contributed by atoms with van der Waals surface area (Å²) in [6.45, 7) is 3.61. The first-order valence-electron chi connectivity index (χ1n) is 8.18. The number of pyridine rings is 2. The molecule has 11 heteroatoms. The maximum Gasteiger partial charge on any atom is 0.323 e. The molecule has 0 bridgehead atoms. The molecule has 2 N–H and O–H groups in total. The third kappa shape index (κ3) is 4.22. The highest BCUT2D eigenvalue weighted by Crippen LogP contribution is 2.33. The zero-order chi connectivity index (χ0) is 20.3. The van der Waals surface area contributed by atoms with E-state index < -0.39 is 6.03 Å². The average Bonchev–Trinajstić information content (AvgIpc) is 3.19. The second kappa shape index (κ2) is 8.51. The maximum absolute atomic E-state index is 12.4. The van der Waals surface area contributed by atoms with Crippen LogP contribution in [-0.4, -0.2) is 38.1 Å². The Bertz CT molecular complexity index is 995. The van der Waals surface area contributed by atoms with Gasteiger partial charge in [0, 0.05) is 12.7 Å². The Morgan fingerprint density at radius 3 is 2.54 bits per heavy atom. The average molecular weight is 422 g/mol. The Hall–Kier alpha value is -2.75. The van der Waals surface area contributed by atoms with E-state index in [1.54, 1.807) is 20.1 Å². The van der Waals surface area contributed by atoms with Crippen molar-refractivity contribution in [2.75, 3.05) is 17.7 Å². The number of rotatable bonds is 5. The quantitative estimate of drug-likeness (QED) is 0.643. The lowest BCUT2D eigenvalue weighted by Crippen LogP contribution is -2.21. The SMILES string of the molecule is CO[C@@H](C)c1c(NC(=O)Nc2cnc(-n3nccn3)c(Cl)c2)cnc(C)c1Cl. The molecule has 2 amide bonds. The maximum atomic E-state index is 12.4. The van der Waals surface area contributed by atoms with Crippen LogP contribution < -0.4 is 10.6 Å². The van der Waals surface area contributed by atoms with E-state index in [-0.39, 0.29) is 11.1 Å². The summed E-state index contributed by atoms with van der Waals surface area (Å²) in [6.07, 6.45) is 5.67. The summed E-state index contributed by atoms with van der Waals surface area (Å²) >= 11 is 12.6. The van der Waals surface area contributed by atoms with Gasteiger partial charge in [-0.15, -0.1) is 4.80 Å². The van der Waals surface area contributed by atoms with Crippen molar-refractivity contribution in [2.24, 2.45) is 0 Å². The molecule has 28 heavy (non-hydrogen) atoms. The van der Waals surface area contributed by atoms with Crippen LogP contribution in [0.5, 0.6) is 0 Å². The zero-order valence-corrected chi connectivity index (χ0v) is 16.8. The van der Waals surface area contributed by atoms with Crippen molar-refractivity contribution in [3.8, 4) is 5.82 Å². The molecule has 0 fully saturated rings. The molecular formula is C17H17Cl2N7O2. The second-order valence-corrected chi connectivity index (χ2v) is 6.58. The van der Waals surface area contributed by atoms with E-state index in [2.05, 4.69) is 30.8 Å². The number of aromatic nitrogens is 5. The lowest BCUT2D eigenvalue weighted by Gasteiger charge is -2.18. The molecule has 0 aliphatic heterocycles. The van der Waals surface area contributed by atoms with Gasteiger partial charge in [0.05, 0.1) is 58.0 Å². The molecular weight excluding hydrogens is 405 g/mol. The fourth-order valence-corrected chi connectivity index (χ4v) is 3.02. The van der Waals surface area contributed by atoms with E-state index >= 15 is 0 Å². The van der Waals surface area contributed by atoms with Crippen molar-refractivity contribution in [3.05, 3.63) is 52.2 Å². The molecule has 0 radical (unpaired) electrons. The van der Waals surface area contributed by atoms with Crippen LogP contribution in [0.4, 0.5) is 16.2 Å². The molecule has 0 spiro atoms. The van der Waals surface area contributed by atoms with E-state index in [0.717, 1.165) is 0 Å². The number of methoxy groups -OCH3 is 1. The standard InChI is InChI=1S/C17H17Cl2N7O2/c1-9-15(19)14(10(2)28-3)13(8-20-9)25-17(27)24-11-6-12(18)16(21-7-11)26-22-4-5-23-26/h4-8,10H,1-3H3,(H2,24,25,27)/t10-/m0/s1. The molecule has 0 aromatic carbocycles. The number of anilines is 2. The van der Waals surface area contributed by atoms with Crippen LogP contribution in [0, 0.1) is 6.92 Å². The number of nitrogens with zero attached hydrogens (tertiary/aromatic N) is 5. The smallest absolute Gasteiger partial charge is 0.323 e. The van der Waals surface area contributed by atoms with Crippen molar-refractivity contribution in [2.45, 2.75) is 20.0 Å². The van der Waals surface area contributed by atoms with Gasteiger partial charge in [-0.2, -0.15) is 10.2 Å². The number of halogens is 2. The number of hydrogen-bond acceptors (Lipinski definition) is 6. The first-order chi connectivity index (χ1) is 13.4. The Kier molecular flexibility index (Phi) is 6.08. The molecule has 0 aliphatic carbocycles. The van der Waals surface area contributed by atoms with Gasteiger partial charge in [-0.05, 0) is 19.9 Å². The van der Waals surface area contributed by atoms with Gasteiger partial charge in [0.2, 0.25) is 0 Å². The van der Waals surface area contributed by atoms with E-state index in [9.17, 15) is 4.79 Å². The molecule has 0 saturated heterocycles. The van der Waals surface area contributed by atoms with Crippen LogP contribution in [0.15, 0.2) is 30.9 Å². The highest BCUT2D eigenvalue weighted by atomic mass is 35.5. The van der Waals surface area contributed by atoms with Crippen molar-refractivity contribution < 1.29 is 9.53 Å². The van der Waals surface area contributed by atoms with Gasteiger partial charge in [-0.1, -0.05) is 23.2 Å². The number of hydrogen-bond donors (Lipinski definition) is 2. The number of amides is 2. The number of carbonyl (C=O) groups excluding carboxylic acids is 1. The predicted molar refractivity (Wildman–Crippen MR) is 106 cm³/mol. The highest BCUT2D eigenvalue weighted by Gasteiger charge is 2.19. The van der Waals surface area contributed by atoms with E-state index in [1.807, 2.05) is 6.92 Å². The minimum atomic E-state index is -0.505. The molecule has 9 nitrogen and oxygen atoms in total. The topological polar surface area (TPSA) is 107 Å². The van der Waals surface area contributed by atoms with Gasteiger partial charge in [0.15, 0.2) is 5.82 Å². The molecule has 3 aromatic heterocycles. The number of carbonyl (C=O) groups is 1. The Labute approximate surface area is 171 Å². The van der Waals surface area contributed by atoms with Crippen molar-refractivity contribution in [1.29, 1.82) is 0 Å². The first kappa shape index (κ1) is 20.0. The highest BCUT2D eigenvalue weighted by molar-refractivity contribution is 6.33. The minimum absolute atomic E-state index is 0.280. The number of urea groups is 1. The summed E-state index contributed by atoms with van der Waals surface area (Å²) in [5, 5.41) is 14.0. The molecule has 0 unspecified atom stereocenters.